The number of urea groups is 1. The molecule has 0 bridgehead atoms. The van der Waals surface area contributed by atoms with Gasteiger partial charge in [0.15, 0.2) is 0 Å². The van der Waals surface area contributed by atoms with Gasteiger partial charge in [0.05, 0.1) is 18.1 Å². The number of carbonyl (C=O) groups is 1. The first kappa shape index (κ1) is 19.1. The van der Waals surface area contributed by atoms with Gasteiger partial charge in [-0.05, 0) is 12.1 Å². The standard InChI is InChI=1S/C17H26N4O4S/c22-17(18-6-7-19-12-14-25-15-13-19)20-8-10-21(11-9-20)26(23,24)16-4-2-1-3-5-16/h1-5H,6-15H2,(H,18,22). The molecule has 1 aromatic rings. The zero-order valence-corrected chi connectivity index (χ0v) is 15.7. The van der Waals surface area contributed by atoms with E-state index in [-0.39, 0.29) is 6.03 Å². The number of nitrogens with one attached hydrogen (secondary N) is 1. The summed E-state index contributed by atoms with van der Waals surface area (Å²) >= 11 is 0. The normalized spacial score (nSPS) is 20.1. The van der Waals surface area contributed by atoms with Crippen LogP contribution in [0, 0.1) is 0 Å². The topological polar surface area (TPSA) is 82.2 Å². The smallest absolute Gasteiger partial charge is 0.317 e. The number of carbonyl (C=O) groups excluding carboxylic acids is 1. The number of hydrogen-bond acceptors (Lipinski definition) is 5. The zero-order valence-electron chi connectivity index (χ0n) is 14.8. The molecule has 2 aliphatic heterocycles. The maximum atomic E-state index is 12.6. The molecule has 0 aliphatic carbocycles. The summed E-state index contributed by atoms with van der Waals surface area (Å²) in [5.41, 5.74) is 0. The predicted molar refractivity (Wildman–Crippen MR) is 97.4 cm³/mol. The lowest BCUT2D eigenvalue weighted by Crippen LogP contribution is -2.53. The molecular formula is C17H26N4O4S. The Morgan fingerprint density at radius 3 is 2.31 bits per heavy atom. The summed E-state index contributed by atoms with van der Waals surface area (Å²) in [6.45, 7) is 6.08. The number of morpholine rings is 1. The minimum absolute atomic E-state index is 0.130. The van der Waals surface area contributed by atoms with Crippen LogP contribution in [-0.2, 0) is 14.8 Å². The lowest BCUT2D eigenvalue weighted by atomic mass is 10.4. The van der Waals surface area contributed by atoms with Crippen LogP contribution in [-0.4, -0.2) is 94.1 Å². The molecule has 0 saturated carbocycles. The maximum absolute atomic E-state index is 12.6. The van der Waals surface area contributed by atoms with Crippen molar-refractivity contribution in [3.63, 3.8) is 0 Å². The molecule has 0 radical (unpaired) electrons. The van der Waals surface area contributed by atoms with Crippen LogP contribution >= 0.6 is 0 Å². The molecule has 3 rings (SSSR count). The van der Waals surface area contributed by atoms with Gasteiger partial charge in [0.25, 0.3) is 0 Å². The van der Waals surface area contributed by atoms with Crippen molar-refractivity contribution in [1.82, 2.24) is 19.4 Å². The summed E-state index contributed by atoms with van der Waals surface area (Å²) in [6, 6.07) is 8.28. The fraction of sp³-hybridized carbons (Fsp3) is 0.588. The largest absolute Gasteiger partial charge is 0.379 e. The Kier molecular flexibility index (Phi) is 6.47. The average molecular weight is 382 g/mol. The van der Waals surface area contributed by atoms with Crippen LogP contribution in [0.25, 0.3) is 0 Å². The molecule has 2 aliphatic rings. The molecule has 0 spiro atoms. The highest BCUT2D eigenvalue weighted by molar-refractivity contribution is 7.89. The Hall–Kier alpha value is -1.68. The van der Waals surface area contributed by atoms with Crippen molar-refractivity contribution in [2.75, 3.05) is 65.6 Å². The molecule has 2 amide bonds. The number of piperazine rings is 1. The molecule has 2 heterocycles. The second kappa shape index (κ2) is 8.81. The van der Waals surface area contributed by atoms with E-state index < -0.39 is 10.0 Å². The molecule has 26 heavy (non-hydrogen) atoms. The molecule has 1 N–H and O–H groups in total. The van der Waals surface area contributed by atoms with Crippen LogP contribution in [0.3, 0.4) is 0 Å². The Labute approximate surface area is 154 Å². The minimum Gasteiger partial charge on any atom is -0.379 e. The van der Waals surface area contributed by atoms with E-state index in [1.807, 2.05) is 0 Å². The molecule has 0 aromatic heterocycles. The molecule has 8 nitrogen and oxygen atoms in total. The van der Waals surface area contributed by atoms with E-state index in [1.54, 1.807) is 35.2 Å². The van der Waals surface area contributed by atoms with Gasteiger partial charge < -0.3 is 15.0 Å². The summed E-state index contributed by atoms with van der Waals surface area (Å²) in [5.74, 6) is 0. The number of rotatable bonds is 5. The molecule has 9 heteroatoms. The van der Waals surface area contributed by atoms with Crippen LogP contribution in [0.2, 0.25) is 0 Å². The SMILES string of the molecule is O=C(NCCN1CCOCC1)N1CCN(S(=O)(=O)c2ccccc2)CC1. The number of sulfonamides is 1. The number of hydrogen-bond donors (Lipinski definition) is 1. The Balaban J connectivity index is 1.43. The van der Waals surface area contributed by atoms with E-state index in [9.17, 15) is 13.2 Å². The van der Waals surface area contributed by atoms with Crippen LogP contribution in [0.5, 0.6) is 0 Å². The van der Waals surface area contributed by atoms with Crippen molar-refractivity contribution in [2.45, 2.75) is 4.90 Å². The molecule has 144 valence electrons. The summed E-state index contributed by atoms with van der Waals surface area (Å²) in [6.07, 6.45) is 0. The third-order valence-corrected chi connectivity index (χ3v) is 6.63. The van der Waals surface area contributed by atoms with Crippen LogP contribution in [0.15, 0.2) is 35.2 Å². The first-order valence-electron chi connectivity index (χ1n) is 8.95. The molecular weight excluding hydrogens is 356 g/mol. The van der Waals surface area contributed by atoms with E-state index in [0.717, 1.165) is 32.8 Å². The fourth-order valence-corrected chi connectivity index (χ4v) is 4.57. The highest BCUT2D eigenvalue weighted by Crippen LogP contribution is 2.17. The second-order valence-corrected chi connectivity index (χ2v) is 8.33. The second-order valence-electron chi connectivity index (χ2n) is 6.39. The summed E-state index contributed by atoms with van der Waals surface area (Å²) in [7, 11) is -3.49. The molecule has 1 aromatic carbocycles. The summed E-state index contributed by atoms with van der Waals surface area (Å²) in [4.78, 5) is 16.5. The van der Waals surface area contributed by atoms with E-state index in [0.29, 0.717) is 37.6 Å². The van der Waals surface area contributed by atoms with Crippen molar-refractivity contribution in [3.8, 4) is 0 Å². The van der Waals surface area contributed by atoms with E-state index in [2.05, 4.69) is 10.2 Å². The van der Waals surface area contributed by atoms with Gasteiger partial charge in [0.1, 0.15) is 0 Å². The van der Waals surface area contributed by atoms with E-state index in [1.165, 1.54) is 4.31 Å². The maximum Gasteiger partial charge on any atom is 0.317 e. The molecule has 0 atom stereocenters. The number of benzene rings is 1. The van der Waals surface area contributed by atoms with Gasteiger partial charge in [-0.1, -0.05) is 18.2 Å². The summed E-state index contributed by atoms with van der Waals surface area (Å²) in [5, 5.41) is 2.92. The van der Waals surface area contributed by atoms with Crippen molar-refractivity contribution >= 4 is 16.1 Å². The van der Waals surface area contributed by atoms with Gasteiger partial charge in [-0.25, -0.2) is 13.2 Å². The first-order chi connectivity index (χ1) is 12.6. The number of ether oxygens (including phenoxy) is 1. The third kappa shape index (κ3) is 4.73. The van der Waals surface area contributed by atoms with Crippen LogP contribution in [0.1, 0.15) is 0 Å². The highest BCUT2D eigenvalue weighted by atomic mass is 32.2. The van der Waals surface area contributed by atoms with E-state index in [4.69, 9.17) is 4.74 Å². The van der Waals surface area contributed by atoms with Crippen molar-refractivity contribution in [1.29, 1.82) is 0 Å². The van der Waals surface area contributed by atoms with Gasteiger partial charge >= 0.3 is 6.03 Å². The van der Waals surface area contributed by atoms with Crippen LogP contribution in [0.4, 0.5) is 4.79 Å². The summed E-state index contributed by atoms with van der Waals surface area (Å²) < 4.78 is 31.9. The number of amides is 2. The van der Waals surface area contributed by atoms with Gasteiger partial charge in [-0.15, -0.1) is 0 Å². The van der Waals surface area contributed by atoms with Gasteiger partial charge in [0.2, 0.25) is 10.0 Å². The van der Waals surface area contributed by atoms with Crippen molar-refractivity contribution in [2.24, 2.45) is 0 Å². The quantitative estimate of drug-likeness (QED) is 0.777. The van der Waals surface area contributed by atoms with E-state index >= 15 is 0 Å². The van der Waals surface area contributed by atoms with Gasteiger partial charge in [0, 0.05) is 52.4 Å². The molecule has 2 saturated heterocycles. The Bertz CT molecular complexity index is 684. The fourth-order valence-electron chi connectivity index (χ4n) is 3.13. The highest BCUT2D eigenvalue weighted by Gasteiger charge is 2.29. The Morgan fingerprint density at radius 1 is 1.00 bits per heavy atom. The van der Waals surface area contributed by atoms with Gasteiger partial charge in [-0.3, -0.25) is 4.90 Å². The number of nitrogens with zero attached hydrogens (tertiary/aromatic N) is 3. The lowest BCUT2D eigenvalue weighted by molar-refractivity contribution is 0.0385. The Morgan fingerprint density at radius 2 is 1.65 bits per heavy atom. The predicted octanol–water partition coefficient (Wildman–Crippen LogP) is 0.0347. The first-order valence-corrected chi connectivity index (χ1v) is 10.4. The third-order valence-electron chi connectivity index (χ3n) is 4.71. The lowest BCUT2D eigenvalue weighted by Gasteiger charge is -2.34. The zero-order chi connectivity index (χ0) is 18.4. The van der Waals surface area contributed by atoms with Crippen LogP contribution < -0.4 is 5.32 Å². The van der Waals surface area contributed by atoms with Crippen molar-refractivity contribution < 1.29 is 17.9 Å². The molecule has 0 unspecified atom stereocenters. The monoisotopic (exact) mass is 382 g/mol. The van der Waals surface area contributed by atoms with Gasteiger partial charge in [-0.2, -0.15) is 4.31 Å². The average Bonchev–Trinajstić information content (AvgIpc) is 2.69. The molecule has 2 fully saturated rings. The van der Waals surface area contributed by atoms with Crippen molar-refractivity contribution in [3.05, 3.63) is 30.3 Å². The minimum atomic E-state index is -3.49.